The standard InChI is InChI=1S/C20H22FN7O2S2/c1-3-28-16(11(2)22-17(30)13-6-4-5-7-14(13)21)24-27-20(28)31-10-15(29)23-19-26-25-18(32-19)12-8-9-12/h4-7,11-12H,3,8-10H2,1-2H3,(H,22,30)(H,23,26,29)/t11-/m1/s1. The van der Waals surface area contributed by atoms with Gasteiger partial charge in [0.25, 0.3) is 5.91 Å². The monoisotopic (exact) mass is 475 g/mol. The number of rotatable bonds is 9. The molecule has 1 atom stereocenters. The number of amides is 2. The molecular formula is C20H22FN7O2S2. The maximum absolute atomic E-state index is 13.9. The fraction of sp³-hybridized carbons (Fsp3) is 0.400. The van der Waals surface area contributed by atoms with E-state index in [1.807, 2.05) is 11.5 Å². The lowest BCUT2D eigenvalue weighted by molar-refractivity contribution is -0.113. The van der Waals surface area contributed by atoms with Crippen LogP contribution in [0.2, 0.25) is 0 Å². The van der Waals surface area contributed by atoms with Gasteiger partial charge in [0.1, 0.15) is 10.8 Å². The third kappa shape index (κ3) is 5.13. The first-order valence-electron chi connectivity index (χ1n) is 10.2. The molecule has 4 rings (SSSR count). The van der Waals surface area contributed by atoms with Crippen molar-refractivity contribution in [3.63, 3.8) is 0 Å². The second-order valence-corrected chi connectivity index (χ2v) is 9.27. The fourth-order valence-corrected chi connectivity index (χ4v) is 4.81. The first-order valence-corrected chi connectivity index (χ1v) is 12.0. The number of thioether (sulfide) groups is 1. The molecule has 2 heterocycles. The molecule has 3 aromatic rings. The summed E-state index contributed by atoms with van der Waals surface area (Å²) in [7, 11) is 0. The Kier molecular flexibility index (Phi) is 6.80. The summed E-state index contributed by atoms with van der Waals surface area (Å²) >= 11 is 2.65. The largest absolute Gasteiger partial charge is 0.342 e. The predicted octanol–water partition coefficient (Wildman–Crippen LogP) is 3.39. The summed E-state index contributed by atoms with van der Waals surface area (Å²) in [6.45, 7) is 4.22. The van der Waals surface area contributed by atoms with Crippen LogP contribution in [0.25, 0.3) is 0 Å². The zero-order chi connectivity index (χ0) is 22.7. The van der Waals surface area contributed by atoms with Crippen LogP contribution in [0.3, 0.4) is 0 Å². The Morgan fingerprint density at radius 2 is 2.03 bits per heavy atom. The van der Waals surface area contributed by atoms with E-state index in [1.54, 1.807) is 13.0 Å². The Balaban J connectivity index is 1.35. The molecule has 0 saturated heterocycles. The Labute approximate surface area is 192 Å². The minimum atomic E-state index is -0.587. The number of hydrogen-bond donors (Lipinski definition) is 2. The number of nitrogens with zero attached hydrogens (tertiary/aromatic N) is 5. The predicted molar refractivity (Wildman–Crippen MR) is 119 cm³/mol. The molecule has 1 saturated carbocycles. The maximum atomic E-state index is 13.9. The normalized spacial score (nSPS) is 14.2. The highest BCUT2D eigenvalue weighted by Crippen LogP contribution is 2.42. The van der Waals surface area contributed by atoms with E-state index in [9.17, 15) is 14.0 Å². The van der Waals surface area contributed by atoms with E-state index in [0.29, 0.717) is 28.6 Å². The quantitative estimate of drug-likeness (QED) is 0.456. The molecule has 0 unspecified atom stereocenters. The van der Waals surface area contributed by atoms with E-state index in [-0.39, 0.29) is 17.2 Å². The molecule has 32 heavy (non-hydrogen) atoms. The molecule has 2 N–H and O–H groups in total. The van der Waals surface area contributed by atoms with E-state index in [2.05, 4.69) is 31.0 Å². The van der Waals surface area contributed by atoms with Gasteiger partial charge < -0.3 is 9.88 Å². The summed E-state index contributed by atoms with van der Waals surface area (Å²) < 4.78 is 15.7. The zero-order valence-electron chi connectivity index (χ0n) is 17.5. The third-order valence-corrected chi connectivity index (χ3v) is 6.83. The third-order valence-electron chi connectivity index (χ3n) is 4.86. The number of nitrogens with one attached hydrogen (secondary N) is 2. The highest BCUT2D eigenvalue weighted by molar-refractivity contribution is 7.99. The van der Waals surface area contributed by atoms with Crippen LogP contribution in [0, 0.1) is 5.82 Å². The molecule has 2 amide bonds. The van der Waals surface area contributed by atoms with Crippen molar-refractivity contribution >= 4 is 40.0 Å². The number of anilines is 1. The minimum absolute atomic E-state index is 0.0327. The highest BCUT2D eigenvalue weighted by Gasteiger charge is 2.28. The van der Waals surface area contributed by atoms with Gasteiger partial charge in [0, 0.05) is 12.5 Å². The molecule has 0 spiro atoms. The Morgan fingerprint density at radius 1 is 1.25 bits per heavy atom. The summed E-state index contributed by atoms with van der Waals surface area (Å²) in [6.07, 6.45) is 2.26. The molecule has 1 aliphatic carbocycles. The molecule has 9 nitrogen and oxygen atoms in total. The summed E-state index contributed by atoms with van der Waals surface area (Å²) in [4.78, 5) is 24.7. The van der Waals surface area contributed by atoms with Gasteiger partial charge in [0.05, 0.1) is 17.4 Å². The van der Waals surface area contributed by atoms with Crippen molar-refractivity contribution in [1.29, 1.82) is 0 Å². The number of hydrogen-bond acceptors (Lipinski definition) is 8. The lowest BCUT2D eigenvalue weighted by Crippen LogP contribution is -2.29. The van der Waals surface area contributed by atoms with Gasteiger partial charge in [0.2, 0.25) is 11.0 Å². The second-order valence-electron chi connectivity index (χ2n) is 7.32. The number of carbonyl (C=O) groups excluding carboxylic acids is 2. The lowest BCUT2D eigenvalue weighted by atomic mass is 10.2. The van der Waals surface area contributed by atoms with Gasteiger partial charge in [-0.3, -0.25) is 14.9 Å². The molecule has 0 bridgehead atoms. The van der Waals surface area contributed by atoms with Crippen molar-refractivity contribution in [1.82, 2.24) is 30.3 Å². The maximum Gasteiger partial charge on any atom is 0.254 e. The molecule has 12 heteroatoms. The molecular weight excluding hydrogens is 453 g/mol. The van der Waals surface area contributed by atoms with Crippen molar-refractivity contribution in [3.8, 4) is 0 Å². The van der Waals surface area contributed by atoms with Crippen molar-refractivity contribution in [2.24, 2.45) is 0 Å². The first kappa shape index (κ1) is 22.3. The van der Waals surface area contributed by atoms with E-state index >= 15 is 0 Å². The fourth-order valence-electron chi connectivity index (χ4n) is 3.07. The first-order chi connectivity index (χ1) is 15.5. The average Bonchev–Trinajstić information content (AvgIpc) is 3.38. The van der Waals surface area contributed by atoms with Crippen LogP contribution in [0.5, 0.6) is 0 Å². The topological polar surface area (TPSA) is 115 Å². The molecule has 1 aliphatic rings. The number of halogens is 1. The SMILES string of the molecule is CCn1c(SCC(=O)Nc2nnc(C3CC3)s2)nnc1[C@@H](C)NC(=O)c1ccccc1F. The molecule has 2 aromatic heterocycles. The van der Waals surface area contributed by atoms with Gasteiger partial charge in [-0.05, 0) is 38.8 Å². The van der Waals surface area contributed by atoms with Crippen molar-refractivity contribution in [3.05, 3.63) is 46.5 Å². The van der Waals surface area contributed by atoms with Crippen LogP contribution in [0.15, 0.2) is 29.4 Å². The van der Waals surface area contributed by atoms with Gasteiger partial charge in [-0.25, -0.2) is 4.39 Å². The van der Waals surface area contributed by atoms with E-state index in [1.165, 1.54) is 41.3 Å². The minimum Gasteiger partial charge on any atom is -0.342 e. The van der Waals surface area contributed by atoms with Gasteiger partial charge in [0.15, 0.2) is 11.0 Å². The molecule has 0 aliphatic heterocycles. The van der Waals surface area contributed by atoms with Gasteiger partial charge in [-0.2, -0.15) is 0 Å². The summed E-state index contributed by atoms with van der Waals surface area (Å²) in [5.74, 6) is -0.171. The second kappa shape index (κ2) is 9.74. The molecule has 1 aromatic carbocycles. The van der Waals surface area contributed by atoms with E-state index in [4.69, 9.17) is 0 Å². The zero-order valence-corrected chi connectivity index (χ0v) is 19.2. The average molecular weight is 476 g/mol. The molecule has 1 fully saturated rings. The summed E-state index contributed by atoms with van der Waals surface area (Å²) in [5.41, 5.74) is -0.0327. The van der Waals surface area contributed by atoms with Gasteiger partial charge in [-0.15, -0.1) is 20.4 Å². The van der Waals surface area contributed by atoms with Crippen molar-refractivity contribution in [2.75, 3.05) is 11.1 Å². The number of aromatic nitrogens is 5. The van der Waals surface area contributed by atoms with Gasteiger partial charge >= 0.3 is 0 Å². The Hall–Kier alpha value is -2.86. The van der Waals surface area contributed by atoms with Crippen LogP contribution in [-0.4, -0.2) is 42.5 Å². The van der Waals surface area contributed by atoms with Crippen LogP contribution in [0.1, 0.15) is 59.8 Å². The number of carbonyl (C=O) groups is 2. The summed E-state index contributed by atoms with van der Waals surface area (Å²) in [5, 5.41) is 24.0. The van der Waals surface area contributed by atoms with Crippen LogP contribution in [0.4, 0.5) is 9.52 Å². The van der Waals surface area contributed by atoms with E-state index in [0.717, 1.165) is 17.8 Å². The van der Waals surface area contributed by atoms with E-state index < -0.39 is 17.8 Å². The Bertz CT molecular complexity index is 1130. The Morgan fingerprint density at radius 3 is 2.75 bits per heavy atom. The van der Waals surface area contributed by atoms with Crippen LogP contribution in [-0.2, 0) is 11.3 Å². The number of benzene rings is 1. The molecule has 0 radical (unpaired) electrons. The van der Waals surface area contributed by atoms with Crippen LogP contribution < -0.4 is 10.6 Å². The van der Waals surface area contributed by atoms with Gasteiger partial charge in [-0.1, -0.05) is 35.2 Å². The van der Waals surface area contributed by atoms with Crippen molar-refractivity contribution < 1.29 is 14.0 Å². The lowest BCUT2D eigenvalue weighted by Gasteiger charge is -2.15. The summed E-state index contributed by atoms with van der Waals surface area (Å²) in [6, 6.07) is 5.29. The van der Waals surface area contributed by atoms with Crippen LogP contribution >= 0.6 is 23.1 Å². The highest BCUT2D eigenvalue weighted by atomic mass is 32.2. The smallest absolute Gasteiger partial charge is 0.254 e. The van der Waals surface area contributed by atoms with Crippen molar-refractivity contribution in [2.45, 2.75) is 50.4 Å². The molecule has 168 valence electrons.